The van der Waals surface area contributed by atoms with Gasteiger partial charge in [0.05, 0.1) is 4.99 Å². The zero-order valence-corrected chi connectivity index (χ0v) is 10.2. The second kappa shape index (κ2) is 5.55. The Hall–Kier alpha value is -1.49. The van der Waals surface area contributed by atoms with Gasteiger partial charge in [0.15, 0.2) is 0 Å². The normalized spacial score (nSPS) is 11.9. The Morgan fingerprint density at radius 1 is 1.62 bits per heavy atom. The van der Waals surface area contributed by atoms with Gasteiger partial charge in [-0.05, 0) is 19.1 Å². The predicted octanol–water partition coefficient (Wildman–Crippen LogP) is 1.22. The molecular formula is C11H15N3OS. The molecule has 0 spiro atoms. The predicted molar refractivity (Wildman–Crippen MR) is 67.2 cm³/mol. The zero-order valence-electron chi connectivity index (χ0n) is 9.38. The maximum atomic E-state index is 11.9. The molecule has 0 aromatic carbocycles. The van der Waals surface area contributed by atoms with Gasteiger partial charge in [0, 0.05) is 25.7 Å². The Morgan fingerprint density at radius 3 is 2.81 bits per heavy atom. The molecular weight excluding hydrogens is 222 g/mol. The van der Waals surface area contributed by atoms with Crippen LogP contribution in [0.2, 0.25) is 0 Å². The van der Waals surface area contributed by atoms with Gasteiger partial charge in [0.2, 0.25) is 0 Å². The van der Waals surface area contributed by atoms with E-state index in [1.807, 2.05) is 6.92 Å². The largest absolute Gasteiger partial charge is 0.393 e. The van der Waals surface area contributed by atoms with Crippen LogP contribution in [-0.2, 0) is 0 Å². The lowest BCUT2D eigenvalue weighted by molar-refractivity contribution is 0.0742. The molecule has 0 bridgehead atoms. The van der Waals surface area contributed by atoms with Crippen LogP contribution in [0.5, 0.6) is 0 Å². The minimum Gasteiger partial charge on any atom is -0.393 e. The molecule has 1 atom stereocenters. The molecule has 0 aliphatic heterocycles. The van der Waals surface area contributed by atoms with Crippen molar-refractivity contribution in [3.05, 3.63) is 30.1 Å². The van der Waals surface area contributed by atoms with Crippen molar-refractivity contribution in [1.29, 1.82) is 0 Å². The van der Waals surface area contributed by atoms with Crippen LogP contribution in [-0.4, -0.2) is 33.9 Å². The van der Waals surface area contributed by atoms with Crippen molar-refractivity contribution in [3.8, 4) is 0 Å². The number of thiocarbonyl (C=S) groups is 1. The van der Waals surface area contributed by atoms with Crippen LogP contribution >= 0.6 is 12.2 Å². The first-order chi connectivity index (χ1) is 7.52. The Labute approximate surface area is 100 Å². The molecule has 0 aliphatic rings. The van der Waals surface area contributed by atoms with Gasteiger partial charge in [0.25, 0.3) is 5.91 Å². The lowest BCUT2D eigenvalue weighted by Gasteiger charge is -2.24. The molecule has 1 unspecified atom stereocenters. The quantitative estimate of drug-likeness (QED) is 0.800. The van der Waals surface area contributed by atoms with Crippen molar-refractivity contribution < 1.29 is 4.79 Å². The Morgan fingerprint density at radius 2 is 2.31 bits per heavy atom. The first-order valence-corrected chi connectivity index (χ1v) is 5.39. The molecule has 0 saturated carbocycles. The van der Waals surface area contributed by atoms with Crippen LogP contribution in [0.3, 0.4) is 0 Å². The minimum atomic E-state index is -0.121. The number of aromatic nitrogens is 1. The van der Waals surface area contributed by atoms with E-state index in [-0.39, 0.29) is 11.9 Å². The van der Waals surface area contributed by atoms with E-state index in [4.69, 9.17) is 18.0 Å². The Kier molecular flexibility index (Phi) is 4.37. The summed E-state index contributed by atoms with van der Waals surface area (Å²) < 4.78 is 0. The molecule has 1 amide bonds. The average molecular weight is 237 g/mol. The van der Waals surface area contributed by atoms with Crippen molar-refractivity contribution in [2.24, 2.45) is 5.73 Å². The number of pyridine rings is 1. The fourth-order valence-corrected chi connectivity index (χ4v) is 1.54. The summed E-state index contributed by atoms with van der Waals surface area (Å²) >= 11 is 4.82. The van der Waals surface area contributed by atoms with E-state index in [0.29, 0.717) is 17.1 Å². The SMILES string of the molecule is CC(CC(N)=S)N(C)C(=O)c1ccccn1. The van der Waals surface area contributed by atoms with Crippen LogP contribution in [0, 0.1) is 0 Å². The maximum Gasteiger partial charge on any atom is 0.272 e. The molecule has 5 heteroatoms. The van der Waals surface area contributed by atoms with E-state index in [1.165, 1.54) is 0 Å². The van der Waals surface area contributed by atoms with Gasteiger partial charge in [-0.2, -0.15) is 0 Å². The number of carbonyl (C=O) groups is 1. The van der Waals surface area contributed by atoms with Crippen LogP contribution in [0.4, 0.5) is 0 Å². The first kappa shape index (κ1) is 12.6. The summed E-state index contributed by atoms with van der Waals surface area (Å²) in [4.78, 5) is 18.0. The number of amides is 1. The molecule has 2 N–H and O–H groups in total. The van der Waals surface area contributed by atoms with Crippen LogP contribution in [0.1, 0.15) is 23.8 Å². The molecule has 1 rings (SSSR count). The third kappa shape index (κ3) is 3.27. The highest BCUT2D eigenvalue weighted by atomic mass is 32.1. The number of nitrogens with two attached hydrogens (primary N) is 1. The molecule has 1 aromatic rings. The highest BCUT2D eigenvalue weighted by Crippen LogP contribution is 2.06. The van der Waals surface area contributed by atoms with Gasteiger partial charge in [-0.1, -0.05) is 18.3 Å². The van der Waals surface area contributed by atoms with Gasteiger partial charge < -0.3 is 10.6 Å². The van der Waals surface area contributed by atoms with Gasteiger partial charge in [0.1, 0.15) is 5.69 Å². The smallest absolute Gasteiger partial charge is 0.272 e. The van der Waals surface area contributed by atoms with E-state index >= 15 is 0 Å². The van der Waals surface area contributed by atoms with Crippen molar-refractivity contribution in [3.63, 3.8) is 0 Å². The molecule has 0 fully saturated rings. The third-order valence-corrected chi connectivity index (χ3v) is 2.53. The summed E-state index contributed by atoms with van der Waals surface area (Å²) in [6, 6.07) is 5.22. The number of carbonyl (C=O) groups excluding carboxylic acids is 1. The monoisotopic (exact) mass is 237 g/mol. The highest BCUT2D eigenvalue weighted by molar-refractivity contribution is 7.80. The second-order valence-corrected chi connectivity index (χ2v) is 4.17. The molecule has 1 heterocycles. The number of nitrogens with zero attached hydrogens (tertiary/aromatic N) is 2. The summed E-state index contributed by atoms with van der Waals surface area (Å²) in [6.45, 7) is 1.90. The number of hydrogen-bond acceptors (Lipinski definition) is 3. The molecule has 16 heavy (non-hydrogen) atoms. The van der Waals surface area contributed by atoms with Crippen molar-refractivity contribution >= 4 is 23.1 Å². The molecule has 4 nitrogen and oxygen atoms in total. The second-order valence-electron chi connectivity index (χ2n) is 3.65. The highest BCUT2D eigenvalue weighted by Gasteiger charge is 2.18. The summed E-state index contributed by atoms with van der Waals surface area (Å²) in [5, 5.41) is 0. The lowest BCUT2D eigenvalue weighted by atomic mass is 10.2. The van der Waals surface area contributed by atoms with Gasteiger partial charge in [-0.15, -0.1) is 0 Å². The standard InChI is InChI=1S/C11H15N3OS/c1-8(7-10(12)16)14(2)11(15)9-5-3-4-6-13-9/h3-6,8H,7H2,1-2H3,(H2,12,16). The summed E-state index contributed by atoms with van der Waals surface area (Å²) in [6.07, 6.45) is 2.11. The van der Waals surface area contributed by atoms with Gasteiger partial charge in [-0.25, -0.2) is 0 Å². The van der Waals surface area contributed by atoms with Gasteiger partial charge >= 0.3 is 0 Å². The van der Waals surface area contributed by atoms with Crippen LogP contribution in [0.25, 0.3) is 0 Å². The van der Waals surface area contributed by atoms with E-state index in [0.717, 1.165) is 0 Å². The van der Waals surface area contributed by atoms with Crippen LogP contribution in [0.15, 0.2) is 24.4 Å². The average Bonchev–Trinajstić information content (AvgIpc) is 2.27. The van der Waals surface area contributed by atoms with Crippen molar-refractivity contribution in [2.45, 2.75) is 19.4 Å². The Bertz CT molecular complexity index is 380. The summed E-state index contributed by atoms with van der Waals surface area (Å²) in [5.74, 6) is -0.121. The van der Waals surface area contributed by atoms with Crippen molar-refractivity contribution in [2.75, 3.05) is 7.05 Å². The molecule has 1 aromatic heterocycles. The molecule has 0 aliphatic carbocycles. The fourth-order valence-electron chi connectivity index (χ4n) is 1.30. The van der Waals surface area contributed by atoms with E-state index in [9.17, 15) is 4.79 Å². The summed E-state index contributed by atoms with van der Waals surface area (Å²) in [5.41, 5.74) is 5.88. The topological polar surface area (TPSA) is 59.2 Å². The van der Waals surface area contributed by atoms with E-state index in [2.05, 4.69) is 4.98 Å². The van der Waals surface area contributed by atoms with E-state index in [1.54, 1.807) is 36.3 Å². The minimum absolute atomic E-state index is 0.0213. The van der Waals surface area contributed by atoms with Crippen molar-refractivity contribution in [1.82, 2.24) is 9.88 Å². The van der Waals surface area contributed by atoms with E-state index < -0.39 is 0 Å². The maximum absolute atomic E-state index is 11.9. The third-order valence-electron chi connectivity index (χ3n) is 2.36. The first-order valence-electron chi connectivity index (χ1n) is 4.99. The number of hydrogen-bond donors (Lipinski definition) is 1. The summed E-state index contributed by atoms with van der Waals surface area (Å²) in [7, 11) is 1.72. The molecule has 0 saturated heterocycles. The molecule has 86 valence electrons. The van der Waals surface area contributed by atoms with Gasteiger partial charge in [-0.3, -0.25) is 9.78 Å². The molecule has 0 radical (unpaired) electrons. The Balaban J connectivity index is 2.71. The van der Waals surface area contributed by atoms with Crippen LogP contribution < -0.4 is 5.73 Å². The fraction of sp³-hybridized carbons (Fsp3) is 0.364. The number of rotatable bonds is 4. The zero-order chi connectivity index (χ0) is 12.1. The lowest BCUT2D eigenvalue weighted by Crippen LogP contribution is -2.37.